The zero-order valence-corrected chi connectivity index (χ0v) is 18.7. The molecule has 3 rings (SSSR count). The number of nitrogens with one attached hydrogen (secondary N) is 1. The van der Waals surface area contributed by atoms with E-state index in [0.29, 0.717) is 18.3 Å². The largest absolute Gasteiger partial charge is 0.496 e. The minimum atomic E-state index is -0.0203. The van der Waals surface area contributed by atoms with Gasteiger partial charge < -0.3 is 10.1 Å². The molecule has 0 saturated carbocycles. The Morgan fingerprint density at radius 3 is 2.60 bits per heavy atom. The minimum Gasteiger partial charge on any atom is -0.496 e. The highest BCUT2D eigenvalue weighted by Crippen LogP contribution is 2.32. The van der Waals surface area contributed by atoms with Crippen LogP contribution in [0.4, 0.5) is 0 Å². The number of carbonyl (C=O) groups is 1. The molecule has 5 nitrogen and oxygen atoms in total. The maximum absolute atomic E-state index is 12.5. The number of para-hydroxylation sites is 1. The van der Waals surface area contributed by atoms with Gasteiger partial charge in [0.05, 0.1) is 18.8 Å². The molecule has 1 unspecified atom stereocenters. The second-order valence-corrected chi connectivity index (χ2v) is 8.78. The number of nitrogens with zero attached hydrogens (tertiary/aromatic N) is 2. The van der Waals surface area contributed by atoms with Gasteiger partial charge in [0.25, 0.3) is 0 Å². The van der Waals surface area contributed by atoms with E-state index in [0.717, 1.165) is 43.9 Å². The molecule has 0 radical (unpaired) electrons. The summed E-state index contributed by atoms with van der Waals surface area (Å²) >= 11 is 0. The number of hydrogen-bond acceptors (Lipinski definition) is 4. The van der Waals surface area contributed by atoms with E-state index < -0.39 is 0 Å². The topological polar surface area (TPSA) is 54.5 Å². The first kappa shape index (κ1) is 22.3. The van der Waals surface area contributed by atoms with Crippen molar-refractivity contribution in [2.45, 2.75) is 52.6 Å². The summed E-state index contributed by atoms with van der Waals surface area (Å²) in [5.41, 5.74) is 3.38. The van der Waals surface area contributed by atoms with Crippen LogP contribution >= 0.6 is 0 Å². The fourth-order valence-electron chi connectivity index (χ4n) is 4.41. The van der Waals surface area contributed by atoms with E-state index in [1.165, 1.54) is 11.1 Å². The number of benzene rings is 1. The number of likely N-dealkylation sites (tertiary alicyclic amines) is 1. The first-order valence-corrected chi connectivity index (χ1v) is 11.0. The second-order valence-electron chi connectivity index (χ2n) is 8.78. The Morgan fingerprint density at radius 2 is 1.97 bits per heavy atom. The van der Waals surface area contributed by atoms with Crippen molar-refractivity contribution in [3.63, 3.8) is 0 Å². The average molecular weight is 410 g/mol. The summed E-state index contributed by atoms with van der Waals surface area (Å²) in [7, 11) is 1.75. The Hall–Kier alpha value is -2.40. The molecule has 1 aromatic heterocycles. The van der Waals surface area contributed by atoms with Crippen LogP contribution in [0.2, 0.25) is 0 Å². The lowest BCUT2D eigenvalue weighted by Gasteiger charge is -2.36. The third-order valence-electron chi connectivity index (χ3n) is 5.91. The first-order valence-electron chi connectivity index (χ1n) is 11.0. The first-order chi connectivity index (χ1) is 14.5. The highest BCUT2D eigenvalue weighted by atomic mass is 16.5. The van der Waals surface area contributed by atoms with Crippen molar-refractivity contribution in [3.05, 3.63) is 59.4 Å². The molecular formula is C25H35N3O2. The number of ether oxygens (including phenoxy) is 1. The van der Waals surface area contributed by atoms with Crippen LogP contribution in [0.3, 0.4) is 0 Å². The summed E-state index contributed by atoms with van der Waals surface area (Å²) in [4.78, 5) is 19.6. The Balaban J connectivity index is 1.66. The summed E-state index contributed by atoms with van der Waals surface area (Å²) in [6, 6.07) is 12.3. The summed E-state index contributed by atoms with van der Waals surface area (Å²) in [5, 5.41) is 3.28. The van der Waals surface area contributed by atoms with Crippen LogP contribution in [-0.2, 0) is 11.3 Å². The van der Waals surface area contributed by atoms with Gasteiger partial charge in [0.15, 0.2) is 0 Å². The van der Waals surface area contributed by atoms with E-state index in [-0.39, 0.29) is 11.9 Å². The van der Waals surface area contributed by atoms with E-state index >= 15 is 0 Å². The Kier molecular flexibility index (Phi) is 7.86. The molecule has 162 valence electrons. The molecule has 30 heavy (non-hydrogen) atoms. The molecule has 1 aliphatic heterocycles. The van der Waals surface area contributed by atoms with E-state index in [9.17, 15) is 4.79 Å². The van der Waals surface area contributed by atoms with Crippen molar-refractivity contribution < 1.29 is 9.53 Å². The molecule has 1 atom stereocenters. The number of pyridine rings is 1. The van der Waals surface area contributed by atoms with Crippen LogP contribution in [-0.4, -0.2) is 36.0 Å². The van der Waals surface area contributed by atoms with Crippen molar-refractivity contribution in [1.82, 2.24) is 15.2 Å². The predicted octanol–water partition coefficient (Wildman–Crippen LogP) is 4.51. The van der Waals surface area contributed by atoms with Crippen LogP contribution < -0.4 is 10.1 Å². The molecule has 1 aliphatic rings. The van der Waals surface area contributed by atoms with E-state index in [1.807, 2.05) is 24.4 Å². The van der Waals surface area contributed by atoms with Gasteiger partial charge in [0.2, 0.25) is 5.91 Å². The monoisotopic (exact) mass is 409 g/mol. The molecule has 2 aromatic rings. The third-order valence-corrected chi connectivity index (χ3v) is 5.91. The van der Waals surface area contributed by atoms with E-state index in [2.05, 4.69) is 54.2 Å². The summed E-state index contributed by atoms with van der Waals surface area (Å²) in [5.74, 6) is 1.85. The molecular weight excluding hydrogens is 374 g/mol. The Bertz CT molecular complexity index is 814. The molecule has 0 aliphatic carbocycles. The van der Waals surface area contributed by atoms with Gasteiger partial charge in [-0.05, 0) is 62.4 Å². The SMILES string of the molecule is COc1c(C)cccc1CN1CCC(C(NC(=O)CC(C)C)c2ccccn2)CC1. The fraction of sp³-hybridized carbons (Fsp3) is 0.520. The zero-order chi connectivity index (χ0) is 21.5. The van der Waals surface area contributed by atoms with Gasteiger partial charge in [-0.25, -0.2) is 0 Å². The fourth-order valence-corrected chi connectivity index (χ4v) is 4.41. The summed E-state index contributed by atoms with van der Waals surface area (Å²) < 4.78 is 5.63. The van der Waals surface area contributed by atoms with Gasteiger partial charge in [-0.2, -0.15) is 0 Å². The predicted molar refractivity (Wildman–Crippen MR) is 120 cm³/mol. The smallest absolute Gasteiger partial charge is 0.220 e. The highest BCUT2D eigenvalue weighted by Gasteiger charge is 2.30. The number of aryl methyl sites for hydroxylation is 1. The third kappa shape index (κ3) is 5.82. The van der Waals surface area contributed by atoms with Crippen molar-refractivity contribution in [2.24, 2.45) is 11.8 Å². The normalized spacial score (nSPS) is 16.4. The molecule has 1 amide bonds. The van der Waals surface area contributed by atoms with Crippen LogP contribution in [0.1, 0.15) is 56.0 Å². The molecule has 0 bridgehead atoms. The van der Waals surface area contributed by atoms with Gasteiger partial charge in [-0.1, -0.05) is 38.1 Å². The van der Waals surface area contributed by atoms with Crippen LogP contribution in [0.25, 0.3) is 0 Å². The highest BCUT2D eigenvalue weighted by molar-refractivity contribution is 5.76. The standard InChI is InChI=1S/C25H35N3O2/c1-18(2)16-23(29)27-24(22-10-5-6-13-26-22)20-11-14-28(15-12-20)17-21-9-7-8-19(3)25(21)30-4/h5-10,13,18,20,24H,11-12,14-17H2,1-4H3,(H,27,29). The number of carbonyl (C=O) groups excluding carboxylic acids is 1. The zero-order valence-electron chi connectivity index (χ0n) is 18.7. The van der Waals surface area contributed by atoms with Crippen molar-refractivity contribution >= 4 is 5.91 Å². The summed E-state index contributed by atoms with van der Waals surface area (Å²) in [6.45, 7) is 9.15. The molecule has 1 saturated heterocycles. The molecule has 1 aromatic carbocycles. The lowest BCUT2D eigenvalue weighted by Crippen LogP contribution is -2.41. The molecule has 0 spiro atoms. The maximum atomic E-state index is 12.5. The molecule has 5 heteroatoms. The Morgan fingerprint density at radius 1 is 1.20 bits per heavy atom. The van der Waals surface area contributed by atoms with Gasteiger partial charge in [-0.15, -0.1) is 0 Å². The van der Waals surface area contributed by atoms with Gasteiger partial charge in [0, 0.05) is 24.7 Å². The number of methoxy groups -OCH3 is 1. The number of amides is 1. The number of aromatic nitrogens is 1. The van der Waals surface area contributed by atoms with Crippen molar-refractivity contribution in [2.75, 3.05) is 20.2 Å². The molecule has 1 N–H and O–H groups in total. The van der Waals surface area contributed by atoms with E-state index in [4.69, 9.17) is 4.74 Å². The molecule has 1 fully saturated rings. The average Bonchev–Trinajstić information content (AvgIpc) is 2.73. The lowest BCUT2D eigenvalue weighted by atomic mass is 9.86. The quantitative estimate of drug-likeness (QED) is 0.697. The number of rotatable bonds is 8. The Labute approximate surface area is 180 Å². The van der Waals surface area contributed by atoms with Gasteiger partial charge in [0.1, 0.15) is 5.75 Å². The number of piperidine rings is 1. The second kappa shape index (κ2) is 10.6. The maximum Gasteiger partial charge on any atom is 0.220 e. The number of hydrogen-bond donors (Lipinski definition) is 1. The molecule has 2 heterocycles. The van der Waals surface area contributed by atoms with Gasteiger partial charge in [-0.3, -0.25) is 14.7 Å². The summed E-state index contributed by atoms with van der Waals surface area (Å²) in [6.07, 6.45) is 4.44. The van der Waals surface area contributed by atoms with Crippen molar-refractivity contribution in [3.8, 4) is 5.75 Å². The van der Waals surface area contributed by atoms with Gasteiger partial charge >= 0.3 is 0 Å². The van der Waals surface area contributed by atoms with Crippen LogP contribution in [0.15, 0.2) is 42.6 Å². The van der Waals surface area contributed by atoms with Crippen LogP contribution in [0, 0.1) is 18.8 Å². The van der Waals surface area contributed by atoms with Crippen LogP contribution in [0.5, 0.6) is 5.75 Å². The van der Waals surface area contributed by atoms with E-state index in [1.54, 1.807) is 7.11 Å². The minimum absolute atomic E-state index is 0.0203. The van der Waals surface area contributed by atoms with Crippen molar-refractivity contribution in [1.29, 1.82) is 0 Å². The lowest BCUT2D eigenvalue weighted by molar-refractivity contribution is -0.123.